The molecule has 0 aliphatic heterocycles. The lowest BCUT2D eigenvalue weighted by Gasteiger charge is -2.14. The Morgan fingerprint density at radius 1 is 0.844 bits per heavy atom. The third-order valence-electron chi connectivity index (χ3n) is 5.24. The van der Waals surface area contributed by atoms with E-state index in [1.807, 2.05) is 42.5 Å². The van der Waals surface area contributed by atoms with Gasteiger partial charge in [0.1, 0.15) is 18.1 Å². The van der Waals surface area contributed by atoms with E-state index in [2.05, 4.69) is 35.3 Å². The summed E-state index contributed by atoms with van der Waals surface area (Å²) >= 11 is 0. The topological polar surface area (TPSA) is 68.7 Å². The van der Waals surface area contributed by atoms with Crippen LogP contribution in [0.2, 0.25) is 0 Å². The molecule has 5 nitrogen and oxygen atoms in total. The Hall–Kier alpha value is -3.86. The van der Waals surface area contributed by atoms with Crippen LogP contribution in [0.5, 0.6) is 11.5 Å². The Morgan fingerprint density at radius 2 is 1.69 bits per heavy atom. The minimum Gasteiger partial charge on any atom is -0.493 e. The third kappa shape index (κ3) is 5.85. The van der Waals surface area contributed by atoms with Crippen molar-refractivity contribution in [1.82, 2.24) is 4.98 Å². The predicted molar refractivity (Wildman–Crippen MR) is 124 cm³/mol. The average Bonchev–Trinajstić information content (AvgIpc) is 2.82. The predicted octanol–water partition coefficient (Wildman–Crippen LogP) is 5.45. The standard InChI is InChI=1S/C27H25NO4/c29-27(30)12-11-23-10-8-21(19-32-25-6-3-14-28-18-25)17-26(23)31-15-13-20-7-9-22-4-1-2-5-24(22)16-20/h1-10,14,16-18H,11-13,15,19H2,(H,29,30). The van der Waals surface area contributed by atoms with Gasteiger partial charge in [0.15, 0.2) is 0 Å². The van der Waals surface area contributed by atoms with Crippen LogP contribution in [0.1, 0.15) is 23.1 Å². The van der Waals surface area contributed by atoms with Crippen molar-refractivity contribution in [2.45, 2.75) is 25.9 Å². The minimum atomic E-state index is -0.823. The molecule has 1 heterocycles. The Bertz CT molecular complexity index is 1190. The second-order valence-corrected chi connectivity index (χ2v) is 7.59. The molecule has 0 saturated carbocycles. The maximum Gasteiger partial charge on any atom is 0.303 e. The van der Waals surface area contributed by atoms with Gasteiger partial charge in [0.05, 0.1) is 12.8 Å². The molecule has 1 N–H and O–H groups in total. The molecule has 0 spiro atoms. The summed E-state index contributed by atoms with van der Waals surface area (Å²) in [4.78, 5) is 15.1. The van der Waals surface area contributed by atoms with Gasteiger partial charge in [-0.2, -0.15) is 0 Å². The highest BCUT2D eigenvalue weighted by Crippen LogP contribution is 2.24. The number of benzene rings is 3. The number of ether oxygens (including phenoxy) is 2. The number of pyridine rings is 1. The van der Waals surface area contributed by atoms with Gasteiger partial charge in [-0.05, 0) is 52.1 Å². The molecule has 0 unspecified atom stereocenters. The molecule has 1 aromatic heterocycles. The van der Waals surface area contributed by atoms with Gasteiger partial charge in [-0.3, -0.25) is 9.78 Å². The summed E-state index contributed by atoms with van der Waals surface area (Å²) in [5.74, 6) is 0.580. The number of rotatable bonds is 10. The van der Waals surface area contributed by atoms with Gasteiger partial charge in [0, 0.05) is 19.0 Å². The monoisotopic (exact) mass is 427 g/mol. The Morgan fingerprint density at radius 3 is 2.50 bits per heavy atom. The van der Waals surface area contributed by atoms with E-state index < -0.39 is 5.97 Å². The molecule has 0 saturated heterocycles. The summed E-state index contributed by atoms with van der Waals surface area (Å²) in [5, 5.41) is 11.5. The van der Waals surface area contributed by atoms with Crippen molar-refractivity contribution >= 4 is 16.7 Å². The summed E-state index contributed by atoms with van der Waals surface area (Å²) in [6, 6.07) is 24.2. The first kappa shape index (κ1) is 21.4. The van der Waals surface area contributed by atoms with E-state index >= 15 is 0 Å². The number of nitrogens with zero attached hydrogens (tertiary/aromatic N) is 1. The van der Waals surface area contributed by atoms with Gasteiger partial charge < -0.3 is 14.6 Å². The van der Waals surface area contributed by atoms with E-state index in [9.17, 15) is 4.79 Å². The fraction of sp³-hybridized carbons (Fsp3) is 0.185. The summed E-state index contributed by atoms with van der Waals surface area (Å²) < 4.78 is 11.9. The molecular formula is C27H25NO4. The average molecular weight is 428 g/mol. The van der Waals surface area contributed by atoms with Gasteiger partial charge >= 0.3 is 5.97 Å². The van der Waals surface area contributed by atoms with Gasteiger partial charge in [-0.15, -0.1) is 0 Å². The zero-order chi connectivity index (χ0) is 22.2. The first-order chi connectivity index (χ1) is 15.7. The van der Waals surface area contributed by atoms with E-state index in [0.717, 1.165) is 17.5 Å². The van der Waals surface area contributed by atoms with Crippen LogP contribution >= 0.6 is 0 Å². The van der Waals surface area contributed by atoms with Gasteiger partial charge in [-0.1, -0.05) is 54.6 Å². The molecule has 0 amide bonds. The number of aliphatic carboxylic acids is 1. The zero-order valence-corrected chi connectivity index (χ0v) is 17.7. The molecule has 5 heteroatoms. The molecule has 0 fully saturated rings. The molecule has 3 aromatic carbocycles. The lowest BCUT2D eigenvalue weighted by molar-refractivity contribution is -0.136. The molecule has 0 atom stereocenters. The highest BCUT2D eigenvalue weighted by Gasteiger charge is 2.09. The molecule has 0 bridgehead atoms. The number of carboxylic acids is 1. The zero-order valence-electron chi connectivity index (χ0n) is 17.7. The fourth-order valence-electron chi connectivity index (χ4n) is 3.54. The summed E-state index contributed by atoms with van der Waals surface area (Å²) in [6.07, 6.45) is 4.62. The molecule has 162 valence electrons. The maximum atomic E-state index is 11.0. The van der Waals surface area contributed by atoms with E-state index in [-0.39, 0.29) is 6.42 Å². The van der Waals surface area contributed by atoms with Crippen LogP contribution in [-0.2, 0) is 24.2 Å². The number of aromatic nitrogens is 1. The number of hydrogen-bond acceptors (Lipinski definition) is 4. The van der Waals surface area contributed by atoms with E-state index in [0.29, 0.717) is 31.1 Å². The Labute approximate surface area is 187 Å². The Kier molecular flexibility index (Phi) is 6.98. The molecule has 0 aliphatic rings. The first-order valence-corrected chi connectivity index (χ1v) is 10.6. The third-order valence-corrected chi connectivity index (χ3v) is 5.24. The van der Waals surface area contributed by atoms with Gasteiger partial charge in [-0.25, -0.2) is 0 Å². The Balaban J connectivity index is 1.43. The summed E-state index contributed by atoms with van der Waals surface area (Å²) in [7, 11) is 0. The van der Waals surface area contributed by atoms with Crippen molar-refractivity contribution in [3.63, 3.8) is 0 Å². The number of hydrogen-bond donors (Lipinski definition) is 1. The molecule has 0 radical (unpaired) electrons. The lowest BCUT2D eigenvalue weighted by atomic mass is 10.0. The molecule has 4 rings (SSSR count). The van der Waals surface area contributed by atoms with Crippen molar-refractivity contribution < 1.29 is 19.4 Å². The molecule has 32 heavy (non-hydrogen) atoms. The van der Waals surface area contributed by atoms with Gasteiger partial charge in [0.2, 0.25) is 0 Å². The van der Waals surface area contributed by atoms with E-state index in [1.54, 1.807) is 12.4 Å². The van der Waals surface area contributed by atoms with Crippen molar-refractivity contribution in [2.24, 2.45) is 0 Å². The van der Waals surface area contributed by atoms with Gasteiger partial charge in [0.25, 0.3) is 0 Å². The van der Waals surface area contributed by atoms with Crippen LogP contribution in [0, 0.1) is 0 Å². The van der Waals surface area contributed by atoms with E-state index in [1.165, 1.54) is 16.3 Å². The number of aryl methyl sites for hydroxylation is 1. The highest BCUT2D eigenvalue weighted by molar-refractivity contribution is 5.83. The number of carboxylic acid groups (broad SMARTS) is 1. The van der Waals surface area contributed by atoms with Crippen molar-refractivity contribution in [3.05, 3.63) is 102 Å². The minimum absolute atomic E-state index is 0.0621. The van der Waals surface area contributed by atoms with Crippen LogP contribution in [-0.4, -0.2) is 22.7 Å². The first-order valence-electron chi connectivity index (χ1n) is 10.6. The summed E-state index contributed by atoms with van der Waals surface area (Å²) in [5.41, 5.74) is 3.04. The number of carbonyl (C=O) groups is 1. The van der Waals surface area contributed by atoms with E-state index in [4.69, 9.17) is 14.6 Å². The summed E-state index contributed by atoms with van der Waals surface area (Å²) in [6.45, 7) is 0.886. The van der Waals surface area contributed by atoms with Crippen molar-refractivity contribution in [3.8, 4) is 11.5 Å². The number of fused-ring (bicyclic) bond motifs is 1. The normalized spacial score (nSPS) is 10.8. The van der Waals surface area contributed by atoms with Crippen LogP contribution in [0.4, 0.5) is 0 Å². The van der Waals surface area contributed by atoms with Crippen LogP contribution in [0.15, 0.2) is 85.2 Å². The SMILES string of the molecule is O=C(O)CCc1ccc(COc2cccnc2)cc1OCCc1ccc2ccccc2c1. The lowest BCUT2D eigenvalue weighted by Crippen LogP contribution is -2.06. The second kappa shape index (κ2) is 10.4. The smallest absolute Gasteiger partial charge is 0.303 e. The highest BCUT2D eigenvalue weighted by atomic mass is 16.5. The van der Waals surface area contributed by atoms with Crippen molar-refractivity contribution in [2.75, 3.05) is 6.61 Å². The quantitative estimate of drug-likeness (QED) is 0.364. The van der Waals surface area contributed by atoms with Crippen LogP contribution in [0.25, 0.3) is 10.8 Å². The van der Waals surface area contributed by atoms with Crippen molar-refractivity contribution in [1.29, 1.82) is 0 Å². The fourth-order valence-corrected chi connectivity index (χ4v) is 3.54. The van der Waals surface area contributed by atoms with Crippen LogP contribution in [0.3, 0.4) is 0 Å². The molecule has 0 aliphatic carbocycles. The largest absolute Gasteiger partial charge is 0.493 e. The molecular weight excluding hydrogens is 402 g/mol. The second-order valence-electron chi connectivity index (χ2n) is 7.59. The van der Waals surface area contributed by atoms with Crippen LogP contribution < -0.4 is 9.47 Å². The maximum absolute atomic E-state index is 11.0. The molecule has 4 aromatic rings.